The zero-order chi connectivity index (χ0) is 23.9. The highest BCUT2D eigenvalue weighted by molar-refractivity contribution is 5.56. The molecular weight excluding hydrogens is 420 g/mol. The molecular formula is C28H26N6. The molecule has 6 nitrogen and oxygen atoms in total. The number of nitrogens with zero attached hydrogens (tertiary/aromatic N) is 6. The van der Waals surface area contributed by atoms with E-state index >= 15 is 0 Å². The van der Waals surface area contributed by atoms with Crippen molar-refractivity contribution in [2.45, 2.75) is 27.7 Å². The van der Waals surface area contributed by atoms with Crippen LogP contribution in [0.15, 0.2) is 116 Å². The molecule has 0 bridgehead atoms. The van der Waals surface area contributed by atoms with E-state index in [0.29, 0.717) is 0 Å². The van der Waals surface area contributed by atoms with E-state index < -0.39 is 0 Å². The van der Waals surface area contributed by atoms with E-state index in [0.717, 1.165) is 56.4 Å². The van der Waals surface area contributed by atoms with Crippen molar-refractivity contribution < 1.29 is 0 Å². The average Bonchev–Trinajstić information content (AvgIpc) is 2.83. The zero-order valence-corrected chi connectivity index (χ0v) is 19.8. The molecule has 34 heavy (non-hydrogen) atoms. The highest BCUT2D eigenvalue weighted by atomic mass is 15.1. The second kappa shape index (κ2) is 10.5. The molecule has 4 aromatic carbocycles. The topological polar surface area (TPSA) is 74.2 Å². The third kappa shape index (κ3) is 5.72. The summed E-state index contributed by atoms with van der Waals surface area (Å²) in [5, 5.41) is 26.3. The molecule has 0 radical (unpaired) electrons. The number of rotatable bonds is 6. The third-order valence-corrected chi connectivity index (χ3v) is 5.40. The lowest BCUT2D eigenvalue weighted by atomic mass is 10.2. The van der Waals surface area contributed by atoms with Gasteiger partial charge in [0.2, 0.25) is 0 Å². The maximum absolute atomic E-state index is 4.44. The summed E-state index contributed by atoms with van der Waals surface area (Å²) in [6.45, 7) is 8.02. The summed E-state index contributed by atoms with van der Waals surface area (Å²) in [5.74, 6) is 0. The van der Waals surface area contributed by atoms with Crippen LogP contribution >= 0.6 is 0 Å². The fourth-order valence-electron chi connectivity index (χ4n) is 3.31. The van der Waals surface area contributed by atoms with Crippen LogP contribution in [0.1, 0.15) is 22.3 Å². The molecule has 0 amide bonds. The van der Waals surface area contributed by atoms with Gasteiger partial charge in [-0.25, -0.2) is 0 Å². The Morgan fingerprint density at radius 3 is 1.09 bits per heavy atom. The SMILES string of the molecule is Cc1ccccc1N=Nc1ccc(N=Nc2ccc(N=Nc3ccccc3C)cc2C)c(C)c1. The summed E-state index contributed by atoms with van der Waals surface area (Å²) in [6.07, 6.45) is 0. The largest absolute Gasteiger partial charge is 0.151 e. The summed E-state index contributed by atoms with van der Waals surface area (Å²) in [4.78, 5) is 0. The molecule has 4 rings (SSSR count). The first-order valence-electron chi connectivity index (χ1n) is 11.1. The van der Waals surface area contributed by atoms with Gasteiger partial charge in [-0.1, -0.05) is 36.4 Å². The molecule has 0 heterocycles. The minimum absolute atomic E-state index is 0.777. The molecule has 6 heteroatoms. The van der Waals surface area contributed by atoms with E-state index in [9.17, 15) is 0 Å². The molecule has 168 valence electrons. The van der Waals surface area contributed by atoms with E-state index in [-0.39, 0.29) is 0 Å². The highest BCUT2D eigenvalue weighted by Gasteiger charge is 2.03. The summed E-state index contributed by atoms with van der Waals surface area (Å²) >= 11 is 0. The van der Waals surface area contributed by atoms with E-state index in [4.69, 9.17) is 0 Å². The first-order chi connectivity index (χ1) is 16.5. The molecule has 0 aromatic heterocycles. The average molecular weight is 447 g/mol. The van der Waals surface area contributed by atoms with Gasteiger partial charge in [-0.05, 0) is 98.5 Å². The van der Waals surface area contributed by atoms with Crippen molar-refractivity contribution in [1.82, 2.24) is 0 Å². The van der Waals surface area contributed by atoms with Gasteiger partial charge >= 0.3 is 0 Å². The van der Waals surface area contributed by atoms with Crippen molar-refractivity contribution in [1.29, 1.82) is 0 Å². The third-order valence-electron chi connectivity index (χ3n) is 5.40. The summed E-state index contributed by atoms with van der Waals surface area (Å²) in [7, 11) is 0. The monoisotopic (exact) mass is 446 g/mol. The van der Waals surface area contributed by atoms with E-state index in [1.807, 2.05) is 113 Å². The van der Waals surface area contributed by atoms with Crippen LogP contribution in [-0.4, -0.2) is 0 Å². The van der Waals surface area contributed by atoms with Crippen LogP contribution in [-0.2, 0) is 0 Å². The van der Waals surface area contributed by atoms with Gasteiger partial charge in [0.15, 0.2) is 0 Å². The van der Waals surface area contributed by atoms with Gasteiger partial charge < -0.3 is 0 Å². The minimum Gasteiger partial charge on any atom is -0.151 e. The van der Waals surface area contributed by atoms with Gasteiger partial charge in [-0.2, -0.15) is 30.7 Å². The number of benzene rings is 4. The number of aryl methyl sites for hydroxylation is 4. The Balaban J connectivity index is 1.47. The summed E-state index contributed by atoms with van der Waals surface area (Å²) in [5.41, 5.74) is 8.99. The fourth-order valence-corrected chi connectivity index (χ4v) is 3.31. The smallest absolute Gasteiger partial charge is 0.0887 e. The van der Waals surface area contributed by atoms with Crippen molar-refractivity contribution in [3.8, 4) is 0 Å². The molecule has 0 saturated heterocycles. The second-order valence-corrected chi connectivity index (χ2v) is 8.11. The minimum atomic E-state index is 0.777. The van der Waals surface area contributed by atoms with Crippen LogP contribution in [0.5, 0.6) is 0 Å². The molecule has 0 saturated carbocycles. The number of hydrogen-bond donors (Lipinski definition) is 0. The fraction of sp³-hybridized carbons (Fsp3) is 0.143. The predicted octanol–water partition coefficient (Wildman–Crippen LogP) is 10.2. The first kappa shape index (κ1) is 22.9. The number of hydrogen-bond acceptors (Lipinski definition) is 6. The maximum Gasteiger partial charge on any atom is 0.0887 e. The van der Waals surface area contributed by atoms with E-state index in [2.05, 4.69) is 30.7 Å². The van der Waals surface area contributed by atoms with E-state index in [1.54, 1.807) is 0 Å². The summed E-state index contributed by atoms with van der Waals surface area (Å²) < 4.78 is 0. The van der Waals surface area contributed by atoms with Crippen molar-refractivity contribution in [2.24, 2.45) is 30.7 Å². The van der Waals surface area contributed by atoms with Crippen molar-refractivity contribution in [3.63, 3.8) is 0 Å². The summed E-state index contributed by atoms with van der Waals surface area (Å²) in [6, 6.07) is 27.3. The van der Waals surface area contributed by atoms with Crippen LogP contribution in [0.4, 0.5) is 34.1 Å². The van der Waals surface area contributed by atoms with Gasteiger partial charge in [0.05, 0.1) is 34.1 Å². The lowest BCUT2D eigenvalue weighted by Crippen LogP contribution is -1.76. The normalized spacial score (nSPS) is 11.8. The molecule has 0 aliphatic rings. The predicted molar refractivity (Wildman–Crippen MR) is 137 cm³/mol. The first-order valence-corrected chi connectivity index (χ1v) is 11.1. The Hall–Kier alpha value is -4.32. The second-order valence-electron chi connectivity index (χ2n) is 8.11. The molecule has 0 aliphatic heterocycles. The lowest BCUT2D eigenvalue weighted by Gasteiger charge is -2.03. The molecule has 0 atom stereocenters. The lowest BCUT2D eigenvalue weighted by molar-refractivity contribution is 1.17. The van der Waals surface area contributed by atoms with Crippen LogP contribution in [0.25, 0.3) is 0 Å². The van der Waals surface area contributed by atoms with Crippen molar-refractivity contribution in [3.05, 3.63) is 107 Å². The van der Waals surface area contributed by atoms with Crippen LogP contribution in [0.2, 0.25) is 0 Å². The zero-order valence-electron chi connectivity index (χ0n) is 19.8. The molecule has 0 spiro atoms. The Morgan fingerprint density at radius 2 is 0.706 bits per heavy atom. The van der Waals surface area contributed by atoms with Gasteiger partial charge in [0.1, 0.15) is 0 Å². The Kier molecular flexibility index (Phi) is 7.08. The highest BCUT2D eigenvalue weighted by Crippen LogP contribution is 2.30. The van der Waals surface area contributed by atoms with Gasteiger partial charge in [-0.15, -0.1) is 0 Å². The molecule has 0 aliphatic carbocycles. The maximum atomic E-state index is 4.44. The standard InChI is InChI=1S/C28H26N6/c1-19-9-5-7-11-25(19)31-29-23-13-15-27(21(3)17-23)33-34-28-16-14-24(18-22(28)4)30-32-26-12-8-6-10-20(26)2/h5-18H,1-4H3. The quantitative estimate of drug-likeness (QED) is 0.264. The Labute approximate surface area is 199 Å². The molecule has 4 aromatic rings. The Morgan fingerprint density at radius 1 is 0.353 bits per heavy atom. The van der Waals surface area contributed by atoms with Crippen LogP contribution in [0.3, 0.4) is 0 Å². The van der Waals surface area contributed by atoms with Crippen molar-refractivity contribution >= 4 is 34.1 Å². The van der Waals surface area contributed by atoms with Gasteiger partial charge in [0, 0.05) is 0 Å². The van der Waals surface area contributed by atoms with Crippen LogP contribution < -0.4 is 0 Å². The van der Waals surface area contributed by atoms with Crippen molar-refractivity contribution in [2.75, 3.05) is 0 Å². The van der Waals surface area contributed by atoms with Gasteiger partial charge in [-0.3, -0.25) is 0 Å². The van der Waals surface area contributed by atoms with Crippen LogP contribution in [0, 0.1) is 27.7 Å². The Bertz CT molecular complexity index is 1290. The molecule has 0 unspecified atom stereocenters. The number of azo groups is 3. The molecule has 0 N–H and O–H groups in total. The molecule has 0 fully saturated rings. The van der Waals surface area contributed by atoms with Gasteiger partial charge in [0.25, 0.3) is 0 Å². The van der Waals surface area contributed by atoms with E-state index in [1.165, 1.54) is 0 Å².